The van der Waals surface area contributed by atoms with Crippen LogP contribution in [0.2, 0.25) is 0 Å². The van der Waals surface area contributed by atoms with Crippen molar-refractivity contribution in [2.24, 2.45) is 11.7 Å². The number of nitrogens with one attached hydrogen (secondary N) is 1. The minimum Gasteiger partial charge on any atom is -0.353 e. The van der Waals surface area contributed by atoms with Crippen molar-refractivity contribution in [2.75, 3.05) is 13.1 Å². The van der Waals surface area contributed by atoms with Crippen molar-refractivity contribution >= 4 is 11.8 Å². The van der Waals surface area contributed by atoms with E-state index in [-0.39, 0.29) is 23.9 Å². The van der Waals surface area contributed by atoms with Gasteiger partial charge in [0.1, 0.15) is 0 Å². The van der Waals surface area contributed by atoms with Crippen LogP contribution in [0.3, 0.4) is 0 Å². The molecule has 2 amide bonds. The maximum atomic E-state index is 12.2. The fraction of sp³-hybridized carbons (Fsp3) is 0.867. The molecule has 1 aliphatic heterocycles. The summed E-state index contributed by atoms with van der Waals surface area (Å²) in [5.41, 5.74) is 5.94. The van der Waals surface area contributed by atoms with Crippen LogP contribution in [-0.2, 0) is 9.59 Å². The monoisotopic (exact) mass is 283 g/mol. The highest BCUT2D eigenvalue weighted by Gasteiger charge is 2.27. The fourth-order valence-corrected chi connectivity index (χ4v) is 2.61. The van der Waals surface area contributed by atoms with E-state index in [2.05, 4.69) is 19.2 Å². The number of nitrogens with two attached hydrogens (primary N) is 1. The Morgan fingerprint density at radius 2 is 1.90 bits per heavy atom. The molecule has 0 aliphatic carbocycles. The highest BCUT2D eigenvalue weighted by atomic mass is 16.2. The lowest BCUT2D eigenvalue weighted by atomic mass is 10.0. The lowest BCUT2D eigenvalue weighted by Crippen LogP contribution is -2.51. The molecule has 0 saturated carbocycles. The van der Waals surface area contributed by atoms with Crippen LogP contribution in [-0.4, -0.2) is 41.9 Å². The number of piperidine rings is 1. The van der Waals surface area contributed by atoms with Crippen LogP contribution in [0, 0.1) is 5.92 Å². The predicted octanol–water partition coefficient (Wildman–Crippen LogP) is 1.27. The summed E-state index contributed by atoms with van der Waals surface area (Å²) in [7, 11) is 0. The molecule has 3 N–H and O–H groups in total. The summed E-state index contributed by atoms with van der Waals surface area (Å²) in [5.74, 6) is 0.602. The Kier molecular flexibility index (Phi) is 6.99. The summed E-state index contributed by atoms with van der Waals surface area (Å²) in [6.45, 7) is 7.53. The molecule has 116 valence electrons. The third kappa shape index (κ3) is 5.49. The fourth-order valence-electron chi connectivity index (χ4n) is 2.61. The molecule has 0 bridgehead atoms. The van der Waals surface area contributed by atoms with Gasteiger partial charge >= 0.3 is 0 Å². The maximum Gasteiger partial charge on any atom is 0.239 e. The Labute approximate surface area is 122 Å². The first-order valence-corrected chi connectivity index (χ1v) is 7.77. The van der Waals surface area contributed by atoms with E-state index in [1.165, 1.54) is 0 Å². The first kappa shape index (κ1) is 17.0. The molecule has 1 saturated heterocycles. The summed E-state index contributed by atoms with van der Waals surface area (Å²) in [5, 5.41) is 3.03. The number of hydrogen-bond donors (Lipinski definition) is 2. The van der Waals surface area contributed by atoms with Gasteiger partial charge in [-0.1, -0.05) is 20.8 Å². The van der Waals surface area contributed by atoms with Crippen molar-refractivity contribution in [1.82, 2.24) is 10.2 Å². The largest absolute Gasteiger partial charge is 0.353 e. The third-order valence-electron chi connectivity index (χ3n) is 3.69. The Hall–Kier alpha value is -1.10. The van der Waals surface area contributed by atoms with Crippen LogP contribution in [0.15, 0.2) is 0 Å². The number of rotatable bonds is 6. The summed E-state index contributed by atoms with van der Waals surface area (Å²) in [6.07, 6.45) is 3.84. The van der Waals surface area contributed by atoms with Gasteiger partial charge in [-0.05, 0) is 31.6 Å². The Morgan fingerprint density at radius 3 is 2.40 bits per heavy atom. The smallest absolute Gasteiger partial charge is 0.239 e. The second-order valence-corrected chi connectivity index (χ2v) is 6.15. The topological polar surface area (TPSA) is 75.4 Å². The van der Waals surface area contributed by atoms with Gasteiger partial charge < -0.3 is 16.0 Å². The molecular weight excluding hydrogens is 254 g/mol. The van der Waals surface area contributed by atoms with Crippen molar-refractivity contribution in [3.63, 3.8) is 0 Å². The summed E-state index contributed by atoms with van der Waals surface area (Å²) in [6, 6.07) is -0.180. The van der Waals surface area contributed by atoms with Crippen LogP contribution in [0.4, 0.5) is 0 Å². The van der Waals surface area contributed by atoms with Gasteiger partial charge in [-0.25, -0.2) is 0 Å². The van der Waals surface area contributed by atoms with Gasteiger partial charge in [-0.15, -0.1) is 0 Å². The molecule has 5 nitrogen and oxygen atoms in total. The van der Waals surface area contributed by atoms with Crippen molar-refractivity contribution in [3.05, 3.63) is 0 Å². The molecule has 5 heteroatoms. The van der Waals surface area contributed by atoms with E-state index in [0.29, 0.717) is 25.4 Å². The zero-order chi connectivity index (χ0) is 15.1. The molecule has 0 aromatic heterocycles. The molecule has 1 aliphatic rings. The molecule has 1 heterocycles. The molecule has 1 atom stereocenters. The molecule has 0 unspecified atom stereocenters. The number of carbonyl (C=O) groups excluding carboxylic acids is 2. The van der Waals surface area contributed by atoms with Gasteiger partial charge in [0, 0.05) is 25.6 Å². The zero-order valence-electron chi connectivity index (χ0n) is 13.0. The van der Waals surface area contributed by atoms with Crippen LogP contribution < -0.4 is 11.1 Å². The lowest BCUT2D eigenvalue weighted by molar-refractivity contribution is -0.134. The van der Waals surface area contributed by atoms with Crippen LogP contribution in [0.25, 0.3) is 0 Å². The Balaban J connectivity index is 2.34. The Morgan fingerprint density at radius 1 is 1.30 bits per heavy atom. The molecule has 0 aromatic rings. The van der Waals surface area contributed by atoms with Crippen molar-refractivity contribution in [1.29, 1.82) is 0 Å². The van der Waals surface area contributed by atoms with Crippen LogP contribution in [0.5, 0.6) is 0 Å². The predicted molar refractivity (Wildman–Crippen MR) is 80.1 cm³/mol. The van der Waals surface area contributed by atoms with Gasteiger partial charge in [-0.2, -0.15) is 0 Å². The van der Waals surface area contributed by atoms with E-state index in [0.717, 1.165) is 25.7 Å². The summed E-state index contributed by atoms with van der Waals surface area (Å²) in [4.78, 5) is 25.6. The SMILES string of the molecule is CCCC(=O)NC1CCN(C(=O)[C@@H](N)CC(C)C)CC1. The highest BCUT2D eigenvalue weighted by molar-refractivity contribution is 5.81. The minimum absolute atomic E-state index is 0.0528. The van der Waals surface area contributed by atoms with Crippen molar-refractivity contribution < 1.29 is 9.59 Å². The van der Waals surface area contributed by atoms with Gasteiger partial charge in [0.2, 0.25) is 11.8 Å². The number of carbonyl (C=O) groups is 2. The Bertz CT molecular complexity index is 323. The number of nitrogens with zero attached hydrogens (tertiary/aromatic N) is 1. The van der Waals surface area contributed by atoms with E-state index in [9.17, 15) is 9.59 Å². The van der Waals surface area contributed by atoms with E-state index >= 15 is 0 Å². The van der Waals surface area contributed by atoms with E-state index < -0.39 is 0 Å². The number of hydrogen-bond acceptors (Lipinski definition) is 3. The first-order chi connectivity index (χ1) is 9.43. The highest BCUT2D eigenvalue weighted by Crippen LogP contribution is 2.13. The second kappa shape index (κ2) is 8.25. The minimum atomic E-state index is -0.388. The maximum absolute atomic E-state index is 12.2. The molecular formula is C15H29N3O2. The number of amides is 2. The van der Waals surface area contributed by atoms with Crippen molar-refractivity contribution in [3.8, 4) is 0 Å². The van der Waals surface area contributed by atoms with Gasteiger partial charge in [-0.3, -0.25) is 9.59 Å². The van der Waals surface area contributed by atoms with Crippen LogP contribution in [0.1, 0.15) is 52.9 Å². The lowest BCUT2D eigenvalue weighted by Gasteiger charge is -2.34. The van der Waals surface area contributed by atoms with Gasteiger partial charge in [0.15, 0.2) is 0 Å². The molecule has 20 heavy (non-hydrogen) atoms. The first-order valence-electron chi connectivity index (χ1n) is 7.77. The van der Waals surface area contributed by atoms with Crippen LogP contribution >= 0.6 is 0 Å². The zero-order valence-corrected chi connectivity index (χ0v) is 13.0. The second-order valence-electron chi connectivity index (χ2n) is 6.15. The van der Waals surface area contributed by atoms with E-state index in [1.807, 2.05) is 11.8 Å². The molecule has 0 aromatic carbocycles. The quantitative estimate of drug-likeness (QED) is 0.770. The molecule has 0 radical (unpaired) electrons. The normalized spacial score (nSPS) is 18.1. The molecule has 1 fully saturated rings. The molecule has 1 rings (SSSR count). The van der Waals surface area contributed by atoms with Gasteiger partial charge in [0.05, 0.1) is 6.04 Å². The van der Waals surface area contributed by atoms with Gasteiger partial charge in [0.25, 0.3) is 0 Å². The summed E-state index contributed by atoms with van der Waals surface area (Å²) >= 11 is 0. The average Bonchev–Trinajstić information content (AvgIpc) is 2.38. The van der Waals surface area contributed by atoms with Crippen molar-refractivity contribution in [2.45, 2.75) is 65.0 Å². The summed E-state index contributed by atoms with van der Waals surface area (Å²) < 4.78 is 0. The van der Waals surface area contributed by atoms with E-state index in [1.54, 1.807) is 0 Å². The van der Waals surface area contributed by atoms with E-state index in [4.69, 9.17) is 5.73 Å². The standard InChI is InChI=1S/C15H29N3O2/c1-4-5-14(19)17-12-6-8-18(9-7-12)15(20)13(16)10-11(2)3/h11-13H,4-10,16H2,1-3H3,(H,17,19)/t13-/m0/s1. The average molecular weight is 283 g/mol. The third-order valence-corrected chi connectivity index (χ3v) is 3.69. The molecule has 0 spiro atoms. The number of likely N-dealkylation sites (tertiary alicyclic amines) is 1.